The van der Waals surface area contributed by atoms with Gasteiger partial charge >= 0.3 is 31.1 Å². The molecule has 0 saturated carbocycles. The lowest BCUT2D eigenvalue weighted by atomic mass is 10.3. The first kappa shape index (κ1) is 21.7. The Labute approximate surface area is 141 Å². The first-order chi connectivity index (χ1) is 11.6. The van der Waals surface area contributed by atoms with Gasteiger partial charge in [0, 0.05) is 12.4 Å². The van der Waals surface area contributed by atoms with E-state index in [-0.39, 0.29) is 6.20 Å². The minimum atomic E-state index is -5.90. The van der Waals surface area contributed by atoms with Gasteiger partial charge in [-0.1, -0.05) is 0 Å². The van der Waals surface area contributed by atoms with Crippen molar-refractivity contribution in [2.75, 3.05) is 0 Å². The number of alkyl halides is 6. The predicted octanol–water partition coefficient (Wildman–Crippen LogP) is 0.149. The highest BCUT2D eigenvalue weighted by Gasteiger charge is 2.47. The van der Waals surface area contributed by atoms with Crippen molar-refractivity contribution in [1.29, 1.82) is 5.26 Å². The van der Waals surface area contributed by atoms with Gasteiger partial charge in [0.25, 0.3) is 0 Å². The third-order valence-electron chi connectivity index (χ3n) is 2.25. The van der Waals surface area contributed by atoms with E-state index in [0.29, 0.717) is 17.2 Å². The van der Waals surface area contributed by atoms with E-state index in [1.807, 2.05) is 0 Å². The van der Waals surface area contributed by atoms with Crippen LogP contribution in [-0.4, -0.2) is 42.6 Å². The number of aromatic nitrogens is 3. The van der Waals surface area contributed by atoms with Crippen LogP contribution in [0.2, 0.25) is 0 Å². The average molecular weight is 428 g/mol. The van der Waals surface area contributed by atoms with Gasteiger partial charge in [-0.25, -0.2) is 18.1 Å². The maximum Gasteiger partial charge on any atom is 0.516 e. The normalized spacial score (nSPS) is 15.0. The Balaban J connectivity index is 2.93. The van der Waals surface area contributed by atoms with Crippen molar-refractivity contribution in [3.63, 3.8) is 0 Å². The molecule has 146 valence electrons. The molecule has 18 heteroatoms. The molecule has 0 fully saturated rings. The van der Waals surface area contributed by atoms with Gasteiger partial charge in [0.1, 0.15) is 6.33 Å². The number of halogens is 6. The van der Waals surface area contributed by atoms with E-state index in [0.717, 1.165) is 15.5 Å². The van der Waals surface area contributed by atoms with Crippen molar-refractivity contribution in [3.8, 4) is 6.07 Å². The summed E-state index contributed by atoms with van der Waals surface area (Å²) < 4.78 is 119. The zero-order valence-corrected chi connectivity index (χ0v) is 13.4. The van der Waals surface area contributed by atoms with Crippen LogP contribution in [0.1, 0.15) is 11.9 Å². The van der Waals surface area contributed by atoms with Gasteiger partial charge in [-0.15, -0.1) is 5.10 Å². The molecular weight excluding hydrogens is 422 g/mol. The fourth-order valence-corrected chi connectivity index (χ4v) is 2.09. The largest absolute Gasteiger partial charge is 0.516 e. The molecule has 0 aliphatic rings. The first-order valence-electron chi connectivity index (χ1n) is 5.75. The summed E-state index contributed by atoms with van der Waals surface area (Å²) in [4.78, 5) is 3.30. The maximum atomic E-state index is 12.3. The zero-order valence-electron chi connectivity index (χ0n) is 11.8. The van der Waals surface area contributed by atoms with E-state index in [1.165, 1.54) is 0 Å². The molecule has 1 aromatic heterocycles. The van der Waals surface area contributed by atoms with Crippen LogP contribution < -0.4 is 9.44 Å². The Morgan fingerprint density at radius 1 is 1.12 bits per heavy atom. The van der Waals surface area contributed by atoms with E-state index in [4.69, 9.17) is 5.26 Å². The second-order valence-electron chi connectivity index (χ2n) is 4.09. The molecule has 0 spiro atoms. The van der Waals surface area contributed by atoms with Gasteiger partial charge in [0.2, 0.25) is 0 Å². The van der Waals surface area contributed by atoms with Crippen LogP contribution >= 0.6 is 0 Å². The second-order valence-corrected chi connectivity index (χ2v) is 7.51. The fourth-order valence-electron chi connectivity index (χ4n) is 1.11. The molecule has 0 aromatic carbocycles. The number of hydrogen-bond donors (Lipinski definition) is 2. The predicted molar refractivity (Wildman–Crippen MR) is 69.9 cm³/mol. The van der Waals surface area contributed by atoms with Crippen molar-refractivity contribution in [3.05, 3.63) is 18.4 Å². The van der Waals surface area contributed by atoms with Crippen molar-refractivity contribution >= 4 is 26.2 Å². The summed E-state index contributed by atoms with van der Waals surface area (Å²) in [5, 5.41) is 12.0. The van der Waals surface area contributed by atoms with Crippen molar-refractivity contribution < 1.29 is 43.2 Å². The number of nitrogens with one attached hydrogen (secondary N) is 2. The molecule has 0 aliphatic carbocycles. The molecule has 0 saturated heterocycles. The second kappa shape index (κ2) is 7.08. The highest BCUT2D eigenvalue weighted by molar-refractivity contribution is 7.90. The lowest BCUT2D eigenvalue weighted by molar-refractivity contribution is -0.0453. The highest BCUT2D eigenvalue weighted by atomic mass is 32.2. The fraction of sp³-hybridized carbons (Fsp3) is 0.375. The Hall–Kier alpha value is -2.39. The molecule has 0 amide bonds. The van der Waals surface area contributed by atoms with Crippen LogP contribution in [-0.2, 0) is 20.0 Å². The molecule has 0 aliphatic heterocycles. The monoisotopic (exact) mass is 428 g/mol. The van der Waals surface area contributed by atoms with E-state index < -0.39 is 42.9 Å². The first-order valence-corrected chi connectivity index (χ1v) is 8.72. The number of hydrogen-bond acceptors (Lipinski definition) is 7. The highest BCUT2D eigenvalue weighted by Crippen LogP contribution is 2.24. The molecule has 0 bridgehead atoms. The summed E-state index contributed by atoms with van der Waals surface area (Å²) in [7, 11) is -11.6. The molecule has 10 nitrogen and oxygen atoms in total. The summed E-state index contributed by atoms with van der Waals surface area (Å²) in [5.41, 5.74) is -11.3. The van der Waals surface area contributed by atoms with Crippen molar-refractivity contribution in [2.24, 2.45) is 0 Å². The van der Waals surface area contributed by atoms with Crippen LogP contribution in [0.15, 0.2) is 12.5 Å². The van der Waals surface area contributed by atoms with Crippen molar-refractivity contribution in [1.82, 2.24) is 24.2 Å². The lowest BCUT2D eigenvalue weighted by Crippen LogP contribution is -2.38. The van der Waals surface area contributed by atoms with Crippen LogP contribution in [0.25, 0.3) is 6.20 Å². The summed E-state index contributed by atoms with van der Waals surface area (Å²) in [6.07, 6.45) is 1.50. The van der Waals surface area contributed by atoms with E-state index >= 15 is 0 Å². The maximum absolute atomic E-state index is 12.3. The van der Waals surface area contributed by atoms with Gasteiger partial charge in [-0.3, -0.25) is 4.72 Å². The smallest absolute Gasteiger partial charge is 0.281 e. The molecule has 1 aromatic rings. The summed E-state index contributed by atoms with van der Waals surface area (Å²) in [6, 6.07) is -1.02. The number of nitrogens with zero attached hydrogens (tertiary/aromatic N) is 4. The van der Waals surface area contributed by atoms with Gasteiger partial charge in [0.05, 0.1) is 6.07 Å². The van der Waals surface area contributed by atoms with Gasteiger partial charge in [-0.05, 0) is 0 Å². The molecule has 1 rings (SSSR count). The van der Waals surface area contributed by atoms with Crippen molar-refractivity contribution in [2.45, 2.75) is 17.1 Å². The Kier molecular flexibility index (Phi) is 5.90. The standard InChI is InChI=1S/C8H6F6N6O4S2/c9-7(10,11)25(21,22)17-1-2-20-4-16-6(18-20)5(3-15)19-26(23,24)8(12,13)14/h1-2,4-5,17,19H. The molecule has 1 heterocycles. The van der Waals surface area contributed by atoms with Gasteiger partial charge < -0.3 is 0 Å². The summed E-state index contributed by atoms with van der Waals surface area (Å²) in [6.45, 7) is 0. The third kappa shape index (κ3) is 5.06. The SMILES string of the molecule is N#CC(NS(=O)(=O)C(F)(F)F)c1ncn(C=CNS(=O)(=O)C(F)(F)F)n1. The van der Waals surface area contributed by atoms with E-state index in [1.54, 1.807) is 0 Å². The minimum Gasteiger partial charge on any atom is -0.281 e. The average Bonchev–Trinajstić information content (AvgIpc) is 2.90. The lowest BCUT2D eigenvalue weighted by Gasteiger charge is -2.11. The van der Waals surface area contributed by atoms with Gasteiger partial charge in [0.15, 0.2) is 11.9 Å². The molecule has 26 heavy (non-hydrogen) atoms. The molecule has 1 unspecified atom stereocenters. The van der Waals surface area contributed by atoms with E-state index in [9.17, 15) is 43.2 Å². The van der Waals surface area contributed by atoms with Crippen LogP contribution in [0.4, 0.5) is 26.3 Å². The summed E-state index contributed by atoms with van der Waals surface area (Å²) >= 11 is 0. The molecule has 2 N–H and O–H groups in total. The van der Waals surface area contributed by atoms with Crippen LogP contribution in [0.3, 0.4) is 0 Å². The zero-order chi connectivity index (χ0) is 20.4. The molecular formula is C8H6F6N6O4S2. The van der Waals surface area contributed by atoms with Crippen LogP contribution in [0, 0.1) is 11.3 Å². The molecule has 1 atom stereocenters. The Bertz CT molecular complexity index is 926. The summed E-state index contributed by atoms with van der Waals surface area (Å²) in [5.74, 6) is -0.774. The quantitative estimate of drug-likeness (QED) is 0.613. The van der Waals surface area contributed by atoms with Crippen LogP contribution in [0.5, 0.6) is 0 Å². The van der Waals surface area contributed by atoms with Gasteiger partial charge in [-0.2, -0.15) is 44.7 Å². The Morgan fingerprint density at radius 2 is 1.65 bits per heavy atom. The Morgan fingerprint density at radius 3 is 2.12 bits per heavy atom. The number of rotatable bonds is 6. The third-order valence-corrected chi connectivity index (χ3v) is 4.46. The molecule has 0 radical (unpaired) electrons. The van der Waals surface area contributed by atoms with E-state index in [2.05, 4.69) is 10.1 Å². The minimum absolute atomic E-state index is 0.266. The topological polar surface area (TPSA) is 147 Å². The number of nitriles is 1. The number of sulfonamides is 2.